The van der Waals surface area contributed by atoms with Crippen molar-refractivity contribution in [3.8, 4) is 28.7 Å². The average molecular weight is 286 g/mol. The van der Waals surface area contributed by atoms with Crippen molar-refractivity contribution in [2.24, 2.45) is 0 Å². The highest BCUT2D eigenvalue weighted by atomic mass is 16.5. The van der Waals surface area contributed by atoms with E-state index in [0.29, 0.717) is 23.9 Å². The Morgan fingerprint density at radius 1 is 1.10 bits per heavy atom. The van der Waals surface area contributed by atoms with Gasteiger partial charge >= 0.3 is 0 Å². The number of hydrogen-bond donors (Lipinski definition) is 2. The molecule has 2 heterocycles. The van der Waals surface area contributed by atoms with Crippen LogP contribution in [0.2, 0.25) is 0 Å². The largest absolute Gasteiger partial charge is 0.508 e. The normalized spacial score (nSPS) is 21.6. The minimum atomic E-state index is -0.136. The second-order valence-electron chi connectivity index (χ2n) is 5.23. The molecule has 0 saturated heterocycles. The quantitative estimate of drug-likeness (QED) is 0.842. The van der Waals surface area contributed by atoms with E-state index < -0.39 is 0 Å². The van der Waals surface area contributed by atoms with Crippen molar-refractivity contribution in [3.05, 3.63) is 41.5 Å². The van der Waals surface area contributed by atoms with Crippen LogP contribution in [0, 0.1) is 0 Å². The highest BCUT2D eigenvalue weighted by Crippen LogP contribution is 2.51. The summed E-state index contributed by atoms with van der Waals surface area (Å²) in [5.41, 5.74) is 1.86. The van der Waals surface area contributed by atoms with Crippen molar-refractivity contribution in [3.63, 3.8) is 0 Å². The zero-order valence-corrected chi connectivity index (χ0v) is 11.4. The fraction of sp³-hybridized carbons (Fsp3) is 0.250. The van der Waals surface area contributed by atoms with Crippen LogP contribution in [0.25, 0.3) is 0 Å². The first-order valence-electron chi connectivity index (χ1n) is 6.70. The Labute approximate surface area is 121 Å². The lowest BCUT2D eigenvalue weighted by Crippen LogP contribution is -2.31. The molecule has 2 aromatic carbocycles. The smallest absolute Gasteiger partial charge is 0.164 e. The van der Waals surface area contributed by atoms with Gasteiger partial charge in [0.05, 0.1) is 13.0 Å². The average Bonchev–Trinajstić information content (AvgIpc) is 2.83. The summed E-state index contributed by atoms with van der Waals surface area (Å²) in [6, 6.07) is 8.45. The Morgan fingerprint density at radius 3 is 2.76 bits per heavy atom. The first-order valence-corrected chi connectivity index (χ1v) is 6.70. The summed E-state index contributed by atoms with van der Waals surface area (Å²) in [5, 5.41) is 19.6. The summed E-state index contributed by atoms with van der Waals surface area (Å²) in [7, 11) is 1.50. The van der Waals surface area contributed by atoms with Crippen molar-refractivity contribution < 1.29 is 24.4 Å². The van der Waals surface area contributed by atoms with E-state index in [1.165, 1.54) is 7.11 Å². The zero-order chi connectivity index (χ0) is 14.6. The van der Waals surface area contributed by atoms with Crippen molar-refractivity contribution in [1.82, 2.24) is 0 Å². The summed E-state index contributed by atoms with van der Waals surface area (Å²) in [6.45, 7) is 0.402. The van der Waals surface area contributed by atoms with Crippen molar-refractivity contribution >= 4 is 0 Å². The van der Waals surface area contributed by atoms with E-state index in [4.69, 9.17) is 14.2 Å². The van der Waals surface area contributed by atoms with Gasteiger partial charge in [-0.2, -0.15) is 0 Å². The molecule has 2 aliphatic heterocycles. The van der Waals surface area contributed by atoms with Gasteiger partial charge in [-0.1, -0.05) is 6.07 Å². The topological polar surface area (TPSA) is 68.2 Å². The molecule has 108 valence electrons. The summed E-state index contributed by atoms with van der Waals surface area (Å²) >= 11 is 0. The molecule has 2 unspecified atom stereocenters. The predicted octanol–water partition coefficient (Wildman–Crippen LogP) is 2.39. The molecule has 2 aromatic rings. The van der Waals surface area contributed by atoms with Gasteiger partial charge in [-0.15, -0.1) is 0 Å². The first-order chi connectivity index (χ1) is 10.2. The number of fused-ring (bicyclic) bond motifs is 5. The Kier molecular flexibility index (Phi) is 2.45. The molecule has 21 heavy (non-hydrogen) atoms. The van der Waals surface area contributed by atoms with Gasteiger partial charge in [-0.25, -0.2) is 0 Å². The maximum absolute atomic E-state index is 10.0. The van der Waals surface area contributed by atoms with Crippen LogP contribution >= 0.6 is 0 Å². The molecular formula is C16H14O5. The van der Waals surface area contributed by atoms with E-state index in [0.717, 1.165) is 11.1 Å². The molecule has 4 rings (SSSR count). The molecule has 0 saturated carbocycles. The highest BCUT2D eigenvalue weighted by molar-refractivity contribution is 5.59. The van der Waals surface area contributed by atoms with Gasteiger partial charge in [-0.05, 0) is 12.1 Å². The number of phenols is 2. The number of hydrogen-bond acceptors (Lipinski definition) is 5. The van der Waals surface area contributed by atoms with Crippen LogP contribution in [0.15, 0.2) is 30.3 Å². The predicted molar refractivity (Wildman–Crippen MR) is 74.5 cm³/mol. The number of phenolic OH excluding ortho intramolecular Hbond substituents is 2. The van der Waals surface area contributed by atoms with E-state index in [-0.39, 0.29) is 23.5 Å². The number of aromatic hydroxyl groups is 2. The van der Waals surface area contributed by atoms with Gasteiger partial charge in [0.25, 0.3) is 0 Å². The first kappa shape index (κ1) is 12.2. The number of rotatable bonds is 1. The molecule has 0 aromatic heterocycles. The molecule has 0 fully saturated rings. The lowest BCUT2D eigenvalue weighted by atomic mass is 9.86. The van der Waals surface area contributed by atoms with E-state index in [1.54, 1.807) is 24.3 Å². The molecule has 5 heteroatoms. The van der Waals surface area contributed by atoms with Gasteiger partial charge in [0, 0.05) is 23.3 Å². The Morgan fingerprint density at radius 2 is 1.95 bits per heavy atom. The Bertz CT molecular complexity index is 725. The molecule has 2 N–H and O–H groups in total. The highest BCUT2D eigenvalue weighted by Gasteiger charge is 2.41. The van der Waals surface area contributed by atoms with Crippen LogP contribution in [-0.4, -0.2) is 30.0 Å². The van der Waals surface area contributed by atoms with Gasteiger partial charge in [0.1, 0.15) is 30.0 Å². The van der Waals surface area contributed by atoms with Crippen LogP contribution in [-0.2, 0) is 0 Å². The fourth-order valence-corrected chi connectivity index (χ4v) is 3.08. The minimum Gasteiger partial charge on any atom is -0.508 e. The molecule has 0 amide bonds. The Balaban J connectivity index is 1.87. The van der Waals surface area contributed by atoms with Crippen LogP contribution in [0.4, 0.5) is 0 Å². The van der Waals surface area contributed by atoms with Gasteiger partial charge in [0.15, 0.2) is 11.5 Å². The van der Waals surface area contributed by atoms with Crippen molar-refractivity contribution in [1.29, 1.82) is 0 Å². The van der Waals surface area contributed by atoms with Crippen LogP contribution in [0.3, 0.4) is 0 Å². The van der Waals surface area contributed by atoms with Crippen LogP contribution < -0.4 is 14.2 Å². The lowest BCUT2D eigenvalue weighted by Gasteiger charge is -2.27. The molecule has 0 bridgehead atoms. The van der Waals surface area contributed by atoms with Gasteiger partial charge in [0.2, 0.25) is 0 Å². The van der Waals surface area contributed by atoms with E-state index in [1.807, 2.05) is 6.07 Å². The molecule has 0 radical (unpaired) electrons. The van der Waals surface area contributed by atoms with Gasteiger partial charge in [-0.3, -0.25) is 0 Å². The molecular weight excluding hydrogens is 272 g/mol. The third-order valence-corrected chi connectivity index (χ3v) is 4.03. The summed E-state index contributed by atoms with van der Waals surface area (Å²) < 4.78 is 16.7. The fourth-order valence-electron chi connectivity index (χ4n) is 3.08. The maximum atomic E-state index is 10.0. The maximum Gasteiger partial charge on any atom is 0.164 e. The monoisotopic (exact) mass is 286 g/mol. The van der Waals surface area contributed by atoms with E-state index in [2.05, 4.69) is 0 Å². The zero-order valence-electron chi connectivity index (χ0n) is 11.4. The third kappa shape index (κ3) is 1.70. The number of ether oxygens (including phenoxy) is 3. The second kappa shape index (κ2) is 4.22. The van der Waals surface area contributed by atoms with Gasteiger partial charge < -0.3 is 24.4 Å². The number of benzene rings is 2. The minimum absolute atomic E-state index is 0.0128. The van der Waals surface area contributed by atoms with Crippen molar-refractivity contribution in [2.75, 3.05) is 13.7 Å². The molecule has 2 aliphatic rings. The molecule has 0 spiro atoms. The van der Waals surface area contributed by atoms with E-state index >= 15 is 0 Å². The third-order valence-electron chi connectivity index (χ3n) is 4.03. The summed E-state index contributed by atoms with van der Waals surface area (Å²) in [4.78, 5) is 0. The lowest BCUT2D eigenvalue weighted by molar-refractivity contribution is 0.119. The standard InChI is InChI=1S/C16H14O5/c1-19-14-6-13-10(5-11(14)18)16-9-3-2-8(17)4-12(9)20-7-15(16)21-13/h2-6,15-18H,7H2,1H3. The SMILES string of the molecule is COc1cc2c(cc1O)C1c3ccc(O)cc3OCC1O2. The molecule has 2 atom stereocenters. The molecule has 0 aliphatic carbocycles. The van der Waals surface area contributed by atoms with Crippen LogP contribution in [0.5, 0.6) is 28.7 Å². The summed E-state index contributed by atoms with van der Waals surface area (Å²) in [5.74, 6) is 1.99. The second-order valence-corrected chi connectivity index (χ2v) is 5.23. The van der Waals surface area contributed by atoms with Crippen LogP contribution in [0.1, 0.15) is 17.0 Å². The Hall–Kier alpha value is -2.56. The number of methoxy groups -OCH3 is 1. The van der Waals surface area contributed by atoms with E-state index in [9.17, 15) is 10.2 Å². The molecule has 5 nitrogen and oxygen atoms in total. The summed E-state index contributed by atoms with van der Waals surface area (Å²) in [6.07, 6.45) is -0.136. The van der Waals surface area contributed by atoms with Crippen molar-refractivity contribution in [2.45, 2.75) is 12.0 Å².